The van der Waals surface area contributed by atoms with Gasteiger partial charge in [0.25, 0.3) is 0 Å². The number of piperidine rings is 1. The molecule has 1 fully saturated rings. The second-order valence-electron chi connectivity index (χ2n) is 7.15. The maximum atomic E-state index is 12.2. The number of carbonyl (C=O) groups is 1. The number of benzene rings is 1. The zero-order valence-corrected chi connectivity index (χ0v) is 16.5. The molecule has 8 heteroatoms. The van der Waals surface area contributed by atoms with E-state index in [0.717, 1.165) is 48.8 Å². The van der Waals surface area contributed by atoms with Gasteiger partial charge in [0.2, 0.25) is 11.0 Å². The summed E-state index contributed by atoms with van der Waals surface area (Å²) in [6.45, 7) is 7.25. The van der Waals surface area contributed by atoms with Gasteiger partial charge in [-0.05, 0) is 57.8 Å². The molecule has 1 saturated heterocycles. The third kappa shape index (κ3) is 4.17. The molecule has 4 rings (SSSR count). The van der Waals surface area contributed by atoms with E-state index in [4.69, 9.17) is 0 Å². The van der Waals surface area contributed by atoms with Crippen molar-refractivity contribution in [1.82, 2.24) is 24.6 Å². The molecule has 3 heterocycles. The van der Waals surface area contributed by atoms with E-state index >= 15 is 0 Å². The summed E-state index contributed by atoms with van der Waals surface area (Å²) in [7, 11) is 0. The Bertz CT molecular complexity index is 941. The molecule has 0 aliphatic carbocycles. The number of aryl methyl sites for hydroxylation is 2. The smallest absolute Gasteiger partial charge is 0.240 e. The summed E-state index contributed by atoms with van der Waals surface area (Å²) in [5.74, 6) is 1.68. The molecule has 1 aromatic carbocycles. The lowest BCUT2D eigenvalue weighted by molar-refractivity contribution is -0.117. The quantitative estimate of drug-likeness (QED) is 0.732. The van der Waals surface area contributed by atoms with Crippen molar-refractivity contribution in [3.8, 4) is 0 Å². The molecule has 1 aliphatic heterocycles. The molecule has 0 saturated carbocycles. The number of para-hydroxylation sites is 2. The van der Waals surface area contributed by atoms with Gasteiger partial charge in [0, 0.05) is 6.54 Å². The van der Waals surface area contributed by atoms with Gasteiger partial charge in [-0.25, -0.2) is 4.98 Å². The molecule has 0 atom stereocenters. The molecule has 1 amide bonds. The van der Waals surface area contributed by atoms with Crippen LogP contribution in [0.15, 0.2) is 24.3 Å². The number of hydrogen-bond acceptors (Lipinski definition) is 6. The maximum Gasteiger partial charge on any atom is 0.240 e. The first-order valence-electron chi connectivity index (χ1n) is 9.32. The van der Waals surface area contributed by atoms with E-state index < -0.39 is 0 Å². The highest BCUT2D eigenvalue weighted by Gasteiger charge is 2.22. The molecular weight excluding hydrogens is 360 g/mol. The number of nitrogens with one attached hydrogen (secondary N) is 1. The Morgan fingerprint density at radius 3 is 2.74 bits per heavy atom. The van der Waals surface area contributed by atoms with E-state index in [2.05, 4.69) is 55.1 Å². The van der Waals surface area contributed by atoms with E-state index in [-0.39, 0.29) is 5.91 Å². The van der Waals surface area contributed by atoms with Crippen LogP contribution in [0.2, 0.25) is 0 Å². The molecule has 0 unspecified atom stereocenters. The van der Waals surface area contributed by atoms with Crippen molar-refractivity contribution in [3.05, 3.63) is 35.1 Å². The van der Waals surface area contributed by atoms with E-state index in [0.29, 0.717) is 17.6 Å². The summed E-state index contributed by atoms with van der Waals surface area (Å²) >= 11 is 1.40. The lowest BCUT2D eigenvalue weighted by atomic mass is 9.96. The third-order valence-electron chi connectivity index (χ3n) is 5.13. The van der Waals surface area contributed by atoms with Crippen LogP contribution in [0, 0.1) is 19.8 Å². The molecule has 3 aromatic rings. The number of fused-ring (bicyclic) bond motifs is 1. The maximum absolute atomic E-state index is 12.2. The van der Waals surface area contributed by atoms with Crippen molar-refractivity contribution in [3.63, 3.8) is 0 Å². The molecule has 1 N–H and O–H groups in total. The van der Waals surface area contributed by atoms with Crippen molar-refractivity contribution < 1.29 is 4.79 Å². The molecule has 7 nitrogen and oxygen atoms in total. The van der Waals surface area contributed by atoms with Gasteiger partial charge < -0.3 is 4.57 Å². The summed E-state index contributed by atoms with van der Waals surface area (Å²) in [6.07, 6.45) is 2.19. The van der Waals surface area contributed by atoms with Crippen molar-refractivity contribution in [1.29, 1.82) is 0 Å². The predicted molar refractivity (Wildman–Crippen MR) is 107 cm³/mol. The van der Waals surface area contributed by atoms with Crippen LogP contribution in [0.4, 0.5) is 5.13 Å². The van der Waals surface area contributed by atoms with E-state index in [9.17, 15) is 4.79 Å². The van der Waals surface area contributed by atoms with Crippen molar-refractivity contribution in [2.24, 2.45) is 5.92 Å². The number of nitrogens with zero attached hydrogens (tertiary/aromatic N) is 5. The number of likely N-dealkylation sites (tertiary alicyclic amines) is 1. The first-order valence-corrected chi connectivity index (χ1v) is 10.1. The minimum absolute atomic E-state index is 0.0129. The molecule has 1 aliphatic rings. The minimum atomic E-state index is -0.0129. The van der Waals surface area contributed by atoms with Crippen molar-refractivity contribution >= 4 is 33.4 Å². The van der Waals surface area contributed by atoms with Gasteiger partial charge in [-0.3, -0.25) is 15.0 Å². The zero-order valence-electron chi connectivity index (χ0n) is 15.7. The third-order valence-corrected chi connectivity index (χ3v) is 5.89. The van der Waals surface area contributed by atoms with E-state index in [1.54, 1.807) is 0 Å². The molecule has 0 radical (unpaired) electrons. The lowest BCUT2D eigenvalue weighted by Gasteiger charge is -2.31. The number of carbonyl (C=O) groups excluding carboxylic acids is 1. The number of hydrogen-bond donors (Lipinski definition) is 1. The predicted octanol–water partition coefficient (Wildman–Crippen LogP) is 2.86. The fourth-order valence-corrected chi connectivity index (χ4v) is 4.33. The highest BCUT2D eigenvalue weighted by Crippen LogP contribution is 2.23. The molecule has 2 aromatic heterocycles. The molecule has 0 bridgehead atoms. The topological polar surface area (TPSA) is 75.9 Å². The summed E-state index contributed by atoms with van der Waals surface area (Å²) in [6, 6.07) is 8.32. The van der Waals surface area contributed by atoms with Crippen LogP contribution in [-0.2, 0) is 11.3 Å². The van der Waals surface area contributed by atoms with Crippen LogP contribution < -0.4 is 5.32 Å². The van der Waals surface area contributed by atoms with Crippen molar-refractivity contribution in [2.45, 2.75) is 33.2 Å². The summed E-state index contributed by atoms with van der Waals surface area (Å²) in [4.78, 5) is 19.1. The van der Waals surface area contributed by atoms with Crippen LogP contribution in [0.5, 0.6) is 0 Å². The monoisotopic (exact) mass is 384 g/mol. The Labute approximate surface area is 162 Å². The minimum Gasteiger partial charge on any atom is -0.328 e. The number of anilines is 1. The van der Waals surface area contributed by atoms with Gasteiger partial charge in [-0.15, -0.1) is 10.2 Å². The Balaban J connectivity index is 1.30. The molecule has 27 heavy (non-hydrogen) atoms. The SMILES string of the molecule is Cc1nnc(NC(=O)CN2CCC(Cn3c(C)nc4ccccc43)CC2)s1. The van der Waals surface area contributed by atoms with Gasteiger partial charge in [-0.1, -0.05) is 23.5 Å². The van der Waals surface area contributed by atoms with Crippen molar-refractivity contribution in [2.75, 3.05) is 25.0 Å². The van der Waals surface area contributed by atoms with Crippen LogP contribution in [0.1, 0.15) is 23.7 Å². The lowest BCUT2D eigenvalue weighted by Crippen LogP contribution is -2.40. The second-order valence-corrected chi connectivity index (χ2v) is 8.33. The zero-order chi connectivity index (χ0) is 18.8. The highest BCUT2D eigenvalue weighted by molar-refractivity contribution is 7.15. The van der Waals surface area contributed by atoms with Gasteiger partial charge in [0.1, 0.15) is 10.8 Å². The fourth-order valence-electron chi connectivity index (χ4n) is 3.72. The molecule has 0 spiro atoms. The van der Waals surface area contributed by atoms with Crippen LogP contribution >= 0.6 is 11.3 Å². The Morgan fingerprint density at radius 2 is 2.00 bits per heavy atom. The number of imidazole rings is 1. The van der Waals surface area contributed by atoms with Gasteiger partial charge >= 0.3 is 0 Å². The number of aromatic nitrogens is 4. The van der Waals surface area contributed by atoms with Gasteiger partial charge in [0.15, 0.2) is 0 Å². The normalized spacial score (nSPS) is 16.1. The molecular formula is C19H24N6OS. The average molecular weight is 385 g/mol. The van der Waals surface area contributed by atoms with Crippen LogP contribution in [0.3, 0.4) is 0 Å². The number of amides is 1. The Hall–Kier alpha value is -2.32. The number of rotatable bonds is 5. The standard InChI is InChI=1S/C19H24N6OS/c1-13-20-16-5-3-4-6-17(16)25(13)11-15-7-9-24(10-8-15)12-18(26)21-19-23-22-14(2)27-19/h3-6,15H,7-12H2,1-2H3,(H,21,23,26). The van der Waals surface area contributed by atoms with Crippen LogP contribution in [-0.4, -0.2) is 50.2 Å². The summed E-state index contributed by atoms with van der Waals surface area (Å²) in [5.41, 5.74) is 2.28. The first-order chi connectivity index (χ1) is 13.1. The van der Waals surface area contributed by atoms with E-state index in [1.165, 1.54) is 16.9 Å². The fraction of sp³-hybridized carbons (Fsp3) is 0.474. The average Bonchev–Trinajstić information content (AvgIpc) is 3.19. The highest BCUT2D eigenvalue weighted by atomic mass is 32.1. The Kier molecular flexibility index (Phi) is 5.18. The van der Waals surface area contributed by atoms with Gasteiger partial charge in [0.05, 0.1) is 17.6 Å². The Morgan fingerprint density at radius 1 is 1.22 bits per heavy atom. The molecule has 142 valence electrons. The summed E-state index contributed by atoms with van der Waals surface area (Å²) < 4.78 is 2.33. The van der Waals surface area contributed by atoms with Crippen LogP contribution in [0.25, 0.3) is 11.0 Å². The second kappa shape index (κ2) is 7.74. The summed E-state index contributed by atoms with van der Waals surface area (Å²) in [5, 5.41) is 12.1. The van der Waals surface area contributed by atoms with E-state index in [1.807, 2.05) is 13.0 Å². The first kappa shape index (κ1) is 18.1. The van der Waals surface area contributed by atoms with Gasteiger partial charge in [-0.2, -0.15) is 0 Å². The largest absolute Gasteiger partial charge is 0.328 e.